The average molecular weight is 669 g/mol. The van der Waals surface area contributed by atoms with Crippen LogP contribution in [-0.4, -0.2) is 125 Å². The maximum absolute atomic E-state index is 12.7. The molecular formula is C35H56O12. The second kappa shape index (κ2) is 11.9. The smallest absolute Gasteiger partial charge is 0.187 e. The van der Waals surface area contributed by atoms with Crippen LogP contribution in [0.5, 0.6) is 0 Å². The highest BCUT2D eigenvalue weighted by Gasteiger charge is 2.90. The lowest BCUT2D eigenvalue weighted by atomic mass is 9.43. The van der Waals surface area contributed by atoms with E-state index < -0.39 is 78.0 Å². The Morgan fingerprint density at radius 2 is 1.55 bits per heavy atom. The van der Waals surface area contributed by atoms with Gasteiger partial charge in [0, 0.05) is 37.9 Å². The Balaban J connectivity index is 1.01. The first-order chi connectivity index (χ1) is 22.2. The van der Waals surface area contributed by atoms with Crippen molar-refractivity contribution in [3.63, 3.8) is 0 Å². The molecule has 3 aliphatic heterocycles. The van der Waals surface area contributed by atoms with Gasteiger partial charge in [-0.25, -0.2) is 0 Å². The van der Waals surface area contributed by atoms with Gasteiger partial charge >= 0.3 is 0 Å². The van der Waals surface area contributed by atoms with Crippen molar-refractivity contribution >= 4 is 5.78 Å². The van der Waals surface area contributed by atoms with Crippen molar-refractivity contribution in [3.05, 3.63) is 0 Å². The number of ketones is 1. The van der Waals surface area contributed by atoms with Crippen LogP contribution in [0.15, 0.2) is 0 Å². The van der Waals surface area contributed by atoms with Crippen LogP contribution in [0.3, 0.4) is 0 Å². The van der Waals surface area contributed by atoms with E-state index >= 15 is 0 Å². The summed E-state index contributed by atoms with van der Waals surface area (Å²) in [5, 5.41) is 44.7. The number of hydrogen-bond donors (Lipinski definition) is 4. The molecule has 1 unspecified atom stereocenters. The number of carbonyl (C=O) groups is 1. The lowest BCUT2D eigenvalue weighted by molar-refractivity contribution is -0.343. The first-order valence-electron chi connectivity index (χ1n) is 17.8. The van der Waals surface area contributed by atoms with E-state index in [0.29, 0.717) is 12.8 Å². The summed E-state index contributed by atoms with van der Waals surface area (Å²) in [6.45, 7) is 9.45. The molecule has 4 saturated carbocycles. The normalized spacial score (nSPS) is 58.6. The van der Waals surface area contributed by atoms with Crippen LogP contribution in [0.4, 0.5) is 0 Å². The third-order valence-corrected chi connectivity index (χ3v) is 14.3. The van der Waals surface area contributed by atoms with E-state index in [2.05, 4.69) is 6.92 Å². The minimum absolute atomic E-state index is 0.0406. The fourth-order valence-electron chi connectivity index (χ4n) is 11.9. The van der Waals surface area contributed by atoms with Crippen molar-refractivity contribution < 1.29 is 58.4 Å². The van der Waals surface area contributed by atoms with Gasteiger partial charge < -0.3 is 53.6 Å². The molecule has 47 heavy (non-hydrogen) atoms. The molecule has 19 atom stereocenters. The van der Waals surface area contributed by atoms with E-state index in [9.17, 15) is 25.2 Å². The largest absolute Gasteiger partial charge is 0.390 e. The minimum Gasteiger partial charge on any atom is -0.390 e. The molecule has 0 aromatic rings. The van der Waals surface area contributed by atoms with Gasteiger partial charge in [0.25, 0.3) is 0 Å². The zero-order valence-electron chi connectivity index (χ0n) is 28.9. The number of Topliss-reactive ketones (excluding diaryl/α,β-unsaturated/α-hetero) is 1. The van der Waals surface area contributed by atoms with Crippen LogP contribution >= 0.6 is 0 Å². The Bertz CT molecular complexity index is 1200. The van der Waals surface area contributed by atoms with Crippen LogP contribution in [0.1, 0.15) is 86.0 Å². The van der Waals surface area contributed by atoms with Crippen molar-refractivity contribution in [1.82, 2.24) is 0 Å². The van der Waals surface area contributed by atoms with Gasteiger partial charge in [0.2, 0.25) is 0 Å². The molecule has 2 spiro atoms. The van der Waals surface area contributed by atoms with Gasteiger partial charge in [-0.3, -0.25) is 4.79 Å². The Hall–Kier alpha value is -0.770. The molecule has 7 rings (SSSR count). The molecule has 3 heterocycles. The molecule has 0 aromatic carbocycles. The number of fused-ring (bicyclic) bond motifs is 2. The molecule has 4 N–H and O–H groups in total. The second-order valence-electron chi connectivity index (χ2n) is 16.3. The molecule has 268 valence electrons. The van der Waals surface area contributed by atoms with Crippen molar-refractivity contribution in [2.24, 2.45) is 28.6 Å². The average Bonchev–Trinajstić information content (AvgIpc) is 3.57. The Morgan fingerprint density at radius 3 is 2.23 bits per heavy atom. The zero-order chi connectivity index (χ0) is 33.8. The van der Waals surface area contributed by atoms with Gasteiger partial charge in [-0.2, -0.15) is 0 Å². The zero-order valence-corrected chi connectivity index (χ0v) is 28.9. The van der Waals surface area contributed by atoms with Gasteiger partial charge in [0.15, 0.2) is 12.6 Å². The number of rotatable bonds is 7. The summed E-state index contributed by atoms with van der Waals surface area (Å²) < 4.78 is 43.0. The van der Waals surface area contributed by atoms with Crippen molar-refractivity contribution in [2.45, 2.75) is 171 Å². The number of methoxy groups -OCH3 is 2. The molecule has 0 aromatic heterocycles. The van der Waals surface area contributed by atoms with Crippen LogP contribution in [0.25, 0.3) is 0 Å². The maximum atomic E-state index is 12.7. The van der Waals surface area contributed by atoms with Crippen molar-refractivity contribution in [2.75, 3.05) is 14.2 Å². The van der Waals surface area contributed by atoms with E-state index in [1.54, 1.807) is 21.0 Å². The second-order valence-corrected chi connectivity index (χ2v) is 16.3. The summed E-state index contributed by atoms with van der Waals surface area (Å²) in [5.74, 6) is -0.163. The highest BCUT2D eigenvalue weighted by molar-refractivity contribution is 5.80. The molecule has 0 radical (unpaired) electrons. The van der Waals surface area contributed by atoms with Crippen LogP contribution < -0.4 is 0 Å². The Kier molecular flexibility index (Phi) is 8.78. The quantitative estimate of drug-likeness (QED) is 0.230. The Labute approximate surface area is 277 Å². The molecule has 7 aliphatic rings. The summed E-state index contributed by atoms with van der Waals surface area (Å²) in [5.41, 5.74) is -2.07. The van der Waals surface area contributed by atoms with Crippen LogP contribution in [-0.2, 0) is 38.0 Å². The molecule has 12 heteroatoms. The summed E-state index contributed by atoms with van der Waals surface area (Å²) in [6.07, 6.45) is -2.44. The first-order valence-corrected chi connectivity index (χ1v) is 17.8. The van der Waals surface area contributed by atoms with Crippen molar-refractivity contribution in [3.8, 4) is 0 Å². The molecule has 3 saturated heterocycles. The lowest BCUT2D eigenvalue weighted by Crippen LogP contribution is -2.69. The predicted octanol–water partition coefficient (Wildman–Crippen LogP) is 1.85. The molecular weight excluding hydrogens is 612 g/mol. The lowest BCUT2D eigenvalue weighted by Gasteiger charge is -2.61. The van der Waals surface area contributed by atoms with E-state index in [0.717, 1.165) is 38.5 Å². The molecule has 0 bridgehead atoms. The molecule has 12 nitrogen and oxygen atoms in total. The van der Waals surface area contributed by atoms with Crippen molar-refractivity contribution in [1.29, 1.82) is 0 Å². The predicted molar refractivity (Wildman–Crippen MR) is 165 cm³/mol. The van der Waals surface area contributed by atoms with E-state index in [1.165, 1.54) is 7.11 Å². The topological polar surface area (TPSA) is 166 Å². The third-order valence-electron chi connectivity index (χ3n) is 14.3. The first kappa shape index (κ1) is 34.7. The molecule has 7 fully saturated rings. The number of hydrogen-bond acceptors (Lipinski definition) is 12. The monoisotopic (exact) mass is 668 g/mol. The number of epoxide rings is 1. The maximum Gasteiger partial charge on any atom is 0.187 e. The van der Waals surface area contributed by atoms with Gasteiger partial charge in [0.05, 0.1) is 36.6 Å². The van der Waals surface area contributed by atoms with E-state index in [1.807, 2.05) is 13.8 Å². The number of aliphatic hydroxyl groups is 4. The van der Waals surface area contributed by atoms with Gasteiger partial charge in [-0.05, 0) is 77.0 Å². The number of aliphatic hydroxyl groups excluding tert-OH is 4. The summed E-state index contributed by atoms with van der Waals surface area (Å²) in [6, 6.07) is 0. The van der Waals surface area contributed by atoms with Gasteiger partial charge in [-0.15, -0.1) is 0 Å². The highest BCUT2D eigenvalue weighted by atomic mass is 16.7. The fourth-order valence-corrected chi connectivity index (χ4v) is 11.9. The van der Waals surface area contributed by atoms with Gasteiger partial charge in [-0.1, -0.05) is 13.8 Å². The summed E-state index contributed by atoms with van der Waals surface area (Å²) >= 11 is 0. The van der Waals surface area contributed by atoms with Crippen LogP contribution in [0.2, 0.25) is 0 Å². The Morgan fingerprint density at radius 1 is 0.809 bits per heavy atom. The van der Waals surface area contributed by atoms with Crippen LogP contribution in [0, 0.1) is 28.6 Å². The fraction of sp³-hybridized carbons (Fsp3) is 0.971. The summed E-state index contributed by atoms with van der Waals surface area (Å²) in [4.78, 5) is 12.7. The third kappa shape index (κ3) is 4.76. The number of ether oxygens (including phenoxy) is 7. The van der Waals surface area contributed by atoms with E-state index in [-0.39, 0.29) is 41.2 Å². The van der Waals surface area contributed by atoms with Gasteiger partial charge in [0.1, 0.15) is 41.4 Å². The SMILES string of the molecule is CO[C@H]1[C@@H](O)[C@H](O[C@@H]2[C@@H](C)O[C@@H](O[C@H]3CC[C@]4(C)C5[C@H](O)[C@@H](O)[C@]6(C)[C@H](C(C)=O)CC[C@@]67O[C@]57CC[C@H]4C3)C[C@H]2OC)O[C@H](C)[C@H]1O. The molecule has 0 amide bonds. The number of carbonyl (C=O) groups excluding carboxylic acids is 1. The molecule has 4 aliphatic carbocycles. The standard InChI is InChI=1S/C35H56O12/c1-16(36)21-10-13-35-33(21,5)30(40)26(39)29-32(4)11-9-20(14-19(32)8-12-34(29,35)47-35)45-23-15-22(41-6)27(18(3)43-23)46-31-25(38)28(42-7)24(37)17(2)44-31/h17-31,37-40H,8-15H2,1-7H3/t17-,18-,19+,20+,21+,22-,23+,24-,25-,26+,27-,28-,29?,30-,31+,32+,33+,34-,35-/m1/s1. The highest BCUT2D eigenvalue weighted by Crippen LogP contribution is 2.81. The minimum atomic E-state index is -1.19. The summed E-state index contributed by atoms with van der Waals surface area (Å²) in [7, 11) is 3.05. The van der Waals surface area contributed by atoms with E-state index in [4.69, 9.17) is 33.2 Å².